The van der Waals surface area contributed by atoms with E-state index in [4.69, 9.17) is 9.47 Å². The zero-order chi connectivity index (χ0) is 30.8. The highest BCUT2D eigenvalue weighted by molar-refractivity contribution is 6.06. The standard InChI is InChI=1S/C35H36N2O6/c1-24-9-8-10-26(21-24)23-36-34(40)29-13-6-4-11-27(29)28-12-5-7-14-30(28)35(41)37(20-18-33(38)39)19-17-25-15-16-31(42-2)32(22-25)43-3/h4-16,21-22H,17-20,23H2,1-3H3,(H,36,40)(H,38,39). The smallest absolute Gasteiger partial charge is 0.305 e. The summed E-state index contributed by atoms with van der Waals surface area (Å²) in [6, 6.07) is 27.7. The van der Waals surface area contributed by atoms with Crippen LogP contribution in [0.15, 0.2) is 91.0 Å². The summed E-state index contributed by atoms with van der Waals surface area (Å²) < 4.78 is 10.7. The minimum atomic E-state index is -0.993. The highest BCUT2D eigenvalue weighted by Gasteiger charge is 2.23. The van der Waals surface area contributed by atoms with Gasteiger partial charge in [-0.25, -0.2) is 0 Å². The molecule has 0 aliphatic heterocycles. The summed E-state index contributed by atoms with van der Waals surface area (Å²) in [5.41, 5.74) is 5.06. The maximum Gasteiger partial charge on any atom is 0.305 e. The van der Waals surface area contributed by atoms with Gasteiger partial charge in [-0.3, -0.25) is 14.4 Å². The number of carbonyl (C=O) groups excluding carboxylic acids is 2. The van der Waals surface area contributed by atoms with Crippen LogP contribution in [0.5, 0.6) is 11.5 Å². The maximum absolute atomic E-state index is 14.0. The van der Waals surface area contributed by atoms with Crippen molar-refractivity contribution in [2.24, 2.45) is 0 Å². The normalized spacial score (nSPS) is 10.6. The molecule has 4 aromatic carbocycles. The number of aryl methyl sites for hydroxylation is 1. The molecule has 2 amide bonds. The van der Waals surface area contributed by atoms with Gasteiger partial charge in [-0.2, -0.15) is 0 Å². The Labute approximate surface area is 251 Å². The third kappa shape index (κ3) is 8.01. The molecule has 0 aromatic heterocycles. The first-order valence-corrected chi connectivity index (χ1v) is 14.0. The second-order valence-corrected chi connectivity index (χ2v) is 10.1. The molecule has 0 saturated carbocycles. The number of ether oxygens (including phenoxy) is 2. The Bertz CT molecular complexity index is 1600. The van der Waals surface area contributed by atoms with Gasteiger partial charge in [-0.1, -0.05) is 72.3 Å². The van der Waals surface area contributed by atoms with Gasteiger partial charge in [0.1, 0.15) is 0 Å². The Hall–Kier alpha value is -5.11. The molecule has 0 unspecified atom stereocenters. The molecule has 0 radical (unpaired) electrons. The molecule has 8 nitrogen and oxygen atoms in total. The van der Waals surface area contributed by atoms with Crippen LogP contribution in [-0.4, -0.2) is 55.1 Å². The summed E-state index contributed by atoms with van der Waals surface area (Å²) in [5.74, 6) is -0.387. The Morgan fingerprint density at radius 1 is 0.744 bits per heavy atom. The Morgan fingerprint density at radius 3 is 2.09 bits per heavy atom. The average Bonchev–Trinajstić information content (AvgIpc) is 3.03. The number of carboxylic acid groups (broad SMARTS) is 1. The molecule has 43 heavy (non-hydrogen) atoms. The number of rotatable bonds is 13. The van der Waals surface area contributed by atoms with Gasteiger partial charge in [0.05, 0.1) is 20.6 Å². The van der Waals surface area contributed by atoms with Crippen molar-refractivity contribution in [3.63, 3.8) is 0 Å². The first-order valence-electron chi connectivity index (χ1n) is 14.0. The second-order valence-electron chi connectivity index (χ2n) is 10.1. The molecule has 0 aliphatic rings. The number of nitrogens with one attached hydrogen (secondary N) is 1. The van der Waals surface area contributed by atoms with E-state index in [0.29, 0.717) is 46.7 Å². The number of carbonyl (C=O) groups is 3. The molecule has 222 valence electrons. The zero-order valence-corrected chi connectivity index (χ0v) is 24.6. The van der Waals surface area contributed by atoms with Crippen molar-refractivity contribution in [1.82, 2.24) is 10.2 Å². The Balaban J connectivity index is 1.60. The van der Waals surface area contributed by atoms with E-state index in [0.717, 1.165) is 16.7 Å². The van der Waals surface area contributed by atoms with Crippen LogP contribution in [0.2, 0.25) is 0 Å². The topological polar surface area (TPSA) is 105 Å². The SMILES string of the molecule is COc1ccc(CCN(CCC(=O)O)C(=O)c2ccccc2-c2ccccc2C(=O)NCc2cccc(C)c2)cc1OC. The summed E-state index contributed by atoms with van der Waals surface area (Å²) in [7, 11) is 3.12. The van der Waals surface area contributed by atoms with Crippen LogP contribution in [0, 0.1) is 6.92 Å². The molecule has 0 spiro atoms. The summed E-state index contributed by atoms with van der Waals surface area (Å²) in [6.07, 6.45) is 0.281. The lowest BCUT2D eigenvalue weighted by molar-refractivity contribution is -0.137. The number of hydrogen-bond acceptors (Lipinski definition) is 5. The van der Waals surface area contributed by atoms with E-state index in [1.807, 2.05) is 67.6 Å². The van der Waals surface area contributed by atoms with Crippen LogP contribution in [0.1, 0.15) is 43.8 Å². The van der Waals surface area contributed by atoms with E-state index in [2.05, 4.69) is 5.32 Å². The minimum Gasteiger partial charge on any atom is -0.493 e. The molecule has 0 saturated heterocycles. The van der Waals surface area contributed by atoms with Crippen LogP contribution in [0.3, 0.4) is 0 Å². The highest BCUT2D eigenvalue weighted by Crippen LogP contribution is 2.30. The first kappa shape index (κ1) is 30.8. The average molecular weight is 581 g/mol. The van der Waals surface area contributed by atoms with Gasteiger partial charge in [-0.05, 0) is 59.9 Å². The number of nitrogens with zero attached hydrogens (tertiary/aromatic N) is 1. The summed E-state index contributed by atoms with van der Waals surface area (Å²) in [5, 5.41) is 12.4. The second kappa shape index (κ2) is 14.7. The van der Waals surface area contributed by atoms with Crippen LogP contribution in [0.4, 0.5) is 0 Å². The molecule has 4 aromatic rings. The molecule has 0 aliphatic carbocycles. The summed E-state index contributed by atoms with van der Waals surface area (Å²) in [4.78, 5) is 40.4. The van der Waals surface area contributed by atoms with Crippen molar-refractivity contribution >= 4 is 17.8 Å². The molecule has 0 atom stereocenters. The lowest BCUT2D eigenvalue weighted by Gasteiger charge is -2.24. The fourth-order valence-corrected chi connectivity index (χ4v) is 4.94. The van der Waals surface area contributed by atoms with E-state index in [-0.39, 0.29) is 31.3 Å². The maximum atomic E-state index is 14.0. The molecule has 2 N–H and O–H groups in total. The first-order chi connectivity index (χ1) is 20.8. The van der Waals surface area contributed by atoms with E-state index in [1.54, 1.807) is 49.5 Å². The molecule has 0 heterocycles. The molecule has 8 heteroatoms. The number of hydrogen-bond donors (Lipinski definition) is 2. The third-order valence-electron chi connectivity index (χ3n) is 7.16. The minimum absolute atomic E-state index is 0.0361. The van der Waals surface area contributed by atoms with Gasteiger partial charge in [0, 0.05) is 30.8 Å². The molecule has 0 fully saturated rings. The van der Waals surface area contributed by atoms with Crippen molar-refractivity contribution in [2.75, 3.05) is 27.3 Å². The van der Waals surface area contributed by atoms with E-state index >= 15 is 0 Å². The number of aliphatic carboxylic acids is 1. The molecular weight excluding hydrogens is 544 g/mol. The Morgan fingerprint density at radius 2 is 1.42 bits per heavy atom. The van der Waals surface area contributed by atoms with Crippen LogP contribution < -0.4 is 14.8 Å². The number of amides is 2. The predicted molar refractivity (Wildman–Crippen MR) is 166 cm³/mol. The van der Waals surface area contributed by atoms with Crippen molar-refractivity contribution in [3.05, 3.63) is 119 Å². The number of methoxy groups -OCH3 is 2. The lowest BCUT2D eigenvalue weighted by atomic mass is 9.94. The zero-order valence-electron chi connectivity index (χ0n) is 24.6. The van der Waals surface area contributed by atoms with Gasteiger partial charge in [0.25, 0.3) is 11.8 Å². The van der Waals surface area contributed by atoms with Crippen molar-refractivity contribution in [3.8, 4) is 22.6 Å². The largest absolute Gasteiger partial charge is 0.493 e. The van der Waals surface area contributed by atoms with E-state index in [1.165, 1.54) is 0 Å². The van der Waals surface area contributed by atoms with Gasteiger partial charge in [-0.15, -0.1) is 0 Å². The van der Waals surface area contributed by atoms with Gasteiger partial charge in [0.2, 0.25) is 0 Å². The molecule has 4 rings (SSSR count). The van der Waals surface area contributed by atoms with Crippen LogP contribution in [0.25, 0.3) is 11.1 Å². The fourth-order valence-electron chi connectivity index (χ4n) is 4.94. The predicted octanol–water partition coefficient (Wildman–Crippen LogP) is 5.77. The van der Waals surface area contributed by atoms with E-state index in [9.17, 15) is 19.5 Å². The van der Waals surface area contributed by atoms with Gasteiger partial charge < -0.3 is 24.8 Å². The number of carboxylic acids is 1. The monoisotopic (exact) mass is 580 g/mol. The summed E-state index contributed by atoms with van der Waals surface area (Å²) in [6.45, 7) is 2.69. The van der Waals surface area contributed by atoms with Gasteiger partial charge >= 0.3 is 5.97 Å². The van der Waals surface area contributed by atoms with Gasteiger partial charge in [0.15, 0.2) is 11.5 Å². The van der Waals surface area contributed by atoms with Crippen LogP contribution in [-0.2, 0) is 17.8 Å². The van der Waals surface area contributed by atoms with E-state index < -0.39 is 5.97 Å². The lowest BCUT2D eigenvalue weighted by Crippen LogP contribution is -2.35. The summed E-state index contributed by atoms with van der Waals surface area (Å²) >= 11 is 0. The fraction of sp³-hybridized carbons (Fsp3) is 0.229. The number of benzene rings is 4. The van der Waals surface area contributed by atoms with Crippen molar-refractivity contribution in [1.29, 1.82) is 0 Å². The van der Waals surface area contributed by atoms with Crippen molar-refractivity contribution < 1.29 is 29.0 Å². The van der Waals surface area contributed by atoms with Crippen molar-refractivity contribution in [2.45, 2.75) is 26.3 Å². The quantitative estimate of drug-likeness (QED) is 0.208. The molecular formula is C35H36N2O6. The van der Waals surface area contributed by atoms with Crippen LogP contribution >= 0.6 is 0 Å². The highest BCUT2D eigenvalue weighted by atomic mass is 16.5. The Kier molecular flexibility index (Phi) is 10.5. The third-order valence-corrected chi connectivity index (χ3v) is 7.16. The molecule has 0 bridgehead atoms.